The zero-order valence-electron chi connectivity index (χ0n) is 70.9. The minimum Gasteiger partial charge on any atom is -0.508 e. The van der Waals surface area contributed by atoms with E-state index in [4.69, 9.17) is 28.3 Å². The Morgan fingerprint density at radius 3 is 1.52 bits per heavy atom. The molecule has 4 aromatic rings. The standard InChI is InChI=1S/C80H121N25O19/c1-9-43(6)65(66(83)111)104-70(115)52(11-3)95-72(117)54(21-15-16-28-81)97-73(118)57(34-49-37-87-41-91-49)98-67(112)44(7)92-77(122)61-23-18-30-105(61)79(124)59(32-46-19-13-12-14-20-46)102-78(123)64(42(4)5)103-75(120)55(31-47-24-26-50(108)27-25-47)99-74(119)58(35-62(82)109)101-69(114)51(10-2)96-76(121)60(39-106)94-63(110)38-89-68(113)56(33-48-36-86-40-90-48)100-71(116)53(93-45(8)107)22-17-29-88-80(84)85/h12-14,19-20,24-27,36-37,40-44,51-61,64-65,106,108H,9-11,15-18,21-23,28-35,38-39,81H2,1-8H3,(H2,82,109)(H2,83,111)(H,86,90)(H,87,91)(H,89,113)(H,92,122)(H,93,107)(H,94,110)(H,95,117)(H,96,121)(H,97,118)(H,98,112)(H,99,119)(H,100,116)(H,101,114)(H,102,123)(H,103,120)(H,104,115)(H4,84,85,88)/t43-,44-,51?,52?,53-,54-,55-,56-,57-,58-,59-,60-,61-,64-,65-/m0/s1. The smallest absolute Gasteiger partial charge is 0.246 e. The number of guanidine groups is 1. The van der Waals surface area contributed by atoms with Crippen LogP contribution < -0.4 is 103 Å². The molecule has 17 amide bonds. The lowest BCUT2D eigenvalue weighted by Gasteiger charge is -2.31. The number of primary amides is 2. The number of H-pyrrole nitrogens is 2. The third kappa shape index (κ3) is 33.7. The average molecular weight is 1740 g/mol. The summed E-state index contributed by atoms with van der Waals surface area (Å²) in [6, 6.07) is -5.93. The highest BCUT2D eigenvalue weighted by Crippen LogP contribution is 2.22. The van der Waals surface area contributed by atoms with Crippen LogP contribution >= 0.6 is 0 Å². The van der Waals surface area contributed by atoms with Gasteiger partial charge in [0.2, 0.25) is 100 Å². The molecule has 0 saturated carbocycles. The largest absolute Gasteiger partial charge is 0.508 e. The lowest BCUT2D eigenvalue weighted by atomic mass is 9.98. The number of hydrogen-bond acceptors (Lipinski definition) is 23. The molecule has 0 bridgehead atoms. The number of aromatic amines is 2. The molecule has 1 aliphatic rings. The number of nitrogens with zero attached hydrogens (tertiary/aromatic N) is 3. The molecular weight excluding hydrogens is 1620 g/mol. The van der Waals surface area contributed by atoms with E-state index in [1.54, 1.807) is 58.0 Å². The second-order valence-electron chi connectivity index (χ2n) is 30.5. The van der Waals surface area contributed by atoms with Gasteiger partial charge in [-0.05, 0) is 106 Å². The van der Waals surface area contributed by atoms with Gasteiger partial charge >= 0.3 is 0 Å². The third-order valence-corrected chi connectivity index (χ3v) is 20.4. The molecule has 1 aliphatic heterocycles. The summed E-state index contributed by atoms with van der Waals surface area (Å²) in [4.78, 5) is 250. The molecule has 0 radical (unpaired) electrons. The van der Waals surface area contributed by atoms with Crippen LogP contribution in [0.15, 0.2) is 79.6 Å². The molecular formula is C80H121N25O19. The Bertz CT molecular complexity index is 4270. The Labute approximate surface area is 716 Å². The van der Waals surface area contributed by atoms with E-state index in [-0.39, 0.29) is 108 Å². The Kier molecular flexibility index (Phi) is 42.2. The number of phenolic OH excluding ortho intramolecular Hbond substituents is 1. The first-order valence-corrected chi connectivity index (χ1v) is 41.1. The van der Waals surface area contributed by atoms with E-state index in [1.807, 2.05) is 6.92 Å². The van der Waals surface area contributed by atoms with E-state index < -0.39 is 210 Å². The number of amides is 17. The number of imidazole rings is 2. The average Bonchev–Trinajstić information content (AvgIpc) is 1.63. The van der Waals surface area contributed by atoms with E-state index in [0.29, 0.717) is 41.8 Å². The molecule has 680 valence electrons. The first-order chi connectivity index (χ1) is 58.9. The number of nitrogens with two attached hydrogens (primary N) is 4. The Balaban J connectivity index is 1.30. The maximum Gasteiger partial charge on any atom is 0.246 e. The van der Waals surface area contributed by atoms with Gasteiger partial charge in [0.1, 0.15) is 90.3 Å². The second kappa shape index (κ2) is 51.6. The van der Waals surface area contributed by atoms with Crippen molar-refractivity contribution >= 4 is 106 Å². The molecule has 2 aromatic carbocycles. The Morgan fingerprint density at radius 1 is 0.508 bits per heavy atom. The van der Waals surface area contributed by atoms with Gasteiger partial charge in [0.25, 0.3) is 0 Å². The SMILES string of the molecule is CCC(NC(=O)[C@H](CO)NC(=O)CNC(=O)[C@H](Cc1c[nH]cn1)NC(=O)[C@H](CCCNC(=N)N)NC(C)=O)C(=O)N[C@@H](CC(N)=O)C(=O)N[C@@H](Cc1ccc(O)cc1)C(=O)N[C@H](C(=O)N[C@@H](Cc1ccccc1)C(=O)N1CCC[C@H]1C(=O)N[C@@H](C)C(=O)N[C@@H](Cc1c[nH]cn1)C(=O)N[C@@H](CCCCN)C(=O)NC(CC)C(=O)N[C@H](C(N)=O)[C@@H](C)CC)C(C)C. The molecule has 1 fully saturated rings. The fourth-order valence-corrected chi connectivity index (χ4v) is 13.3. The number of likely N-dealkylation sites (tertiary alicyclic amines) is 1. The number of unbranched alkanes of at least 4 members (excludes halogenated alkanes) is 1. The first kappa shape index (κ1) is 101. The van der Waals surface area contributed by atoms with Crippen molar-refractivity contribution in [3.05, 3.63) is 102 Å². The zero-order chi connectivity index (χ0) is 91.9. The van der Waals surface area contributed by atoms with Crippen LogP contribution in [0, 0.1) is 17.2 Å². The van der Waals surface area contributed by atoms with E-state index in [0.717, 1.165) is 0 Å². The lowest BCUT2D eigenvalue weighted by Crippen LogP contribution is -2.62. The van der Waals surface area contributed by atoms with Crippen LogP contribution in [0.1, 0.15) is 149 Å². The molecule has 124 heavy (non-hydrogen) atoms. The van der Waals surface area contributed by atoms with Gasteiger partial charge in [0.15, 0.2) is 5.96 Å². The highest BCUT2D eigenvalue weighted by molar-refractivity contribution is 6.01. The van der Waals surface area contributed by atoms with Gasteiger partial charge in [0, 0.05) is 58.1 Å². The molecule has 5 rings (SSSR count). The first-order valence-electron chi connectivity index (χ1n) is 41.1. The van der Waals surface area contributed by atoms with Gasteiger partial charge in [-0.1, -0.05) is 90.4 Å². The van der Waals surface area contributed by atoms with Gasteiger partial charge in [-0.25, -0.2) is 9.97 Å². The zero-order valence-corrected chi connectivity index (χ0v) is 70.9. The van der Waals surface area contributed by atoms with E-state index >= 15 is 4.79 Å². The van der Waals surface area contributed by atoms with Gasteiger partial charge in [-0.3, -0.25) is 86.9 Å². The van der Waals surface area contributed by atoms with Crippen LogP contribution in [0.25, 0.3) is 0 Å². The third-order valence-electron chi connectivity index (χ3n) is 20.4. The highest BCUT2D eigenvalue weighted by atomic mass is 16.3. The van der Waals surface area contributed by atoms with Crippen molar-refractivity contribution in [2.75, 3.05) is 32.8 Å². The van der Waals surface area contributed by atoms with Crippen molar-refractivity contribution in [1.82, 2.24) is 105 Å². The van der Waals surface area contributed by atoms with Crippen LogP contribution in [0.4, 0.5) is 0 Å². The molecule has 15 atom stereocenters. The predicted octanol–water partition coefficient (Wildman–Crippen LogP) is -6.17. The van der Waals surface area contributed by atoms with Crippen LogP contribution in [0.3, 0.4) is 0 Å². The quantitative estimate of drug-likeness (QED) is 0.0111. The van der Waals surface area contributed by atoms with Crippen LogP contribution in [0.2, 0.25) is 0 Å². The normalized spacial score (nSPS) is 15.7. The summed E-state index contributed by atoms with van der Waals surface area (Å²) in [5.74, 6) is -16.8. The van der Waals surface area contributed by atoms with Crippen LogP contribution in [-0.4, -0.2) is 259 Å². The number of rotatable bonds is 53. The van der Waals surface area contributed by atoms with E-state index in [1.165, 1.54) is 75.0 Å². The maximum absolute atomic E-state index is 15.1. The Morgan fingerprint density at radius 2 is 0.984 bits per heavy atom. The topological polar surface area (TPSA) is 700 Å². The van der Waals surface area contributed by atoms with Crippen LogP contribution in [0.5, 0.6) is 5.75 Å². The molecule has 44 nitrogen and oxygen atoms in total. The molecule has 0 aliphatic carbocycles. The number of phenols is 1. The summed E-state index contributed by atoms with van der Waals surface area (Å²) in [6.07, 6.45) is 5.70. The lowest BCUT2D eigenvalue weighted by molar-refractivity contribution is -0.142. The molecule has 1 saturated heterocycles. The number of aliphatic hydroxyl groups is 1. The molecule has 2 unspecified atom stereocenters. The van der Waals surface area contributed by atoms with E-state index in [9.17, 15) is 86.9 Å². The van der Waals surface area contributed by atoms with Crippen molar-refractivity contribution in [3.8, 4) is 5.75 Å². The molecule has 2 aromatic heterocycles. The number of carbonyl (C=O) groups excluding carboxylic acids is 17. The highest BCUT2D eigenvalue weighted by Gasteiger charge is 2.42. The second-order valence-corrected chi connectivity index (χ2v) is 30.5. The molecule has 3 heterocycles. The molecule has 28 N–H and O–H groups in total. The van der Waals surface area contributed by atoms with Gasteiger partial charge < -0.3 is 128 Å². The number of nitrogens with one attached hydrogen (secondary N) is 18. The summed E-state index contributed by atoms with van der Waals surface area (Å²) < 4.78 is 0. The van der Waals surface area contributed by atoms with Crippen molar-refractivity contribution in [2.45, 2.75) is 236 Å². The van der Waals surface area contributed by atoms with Gasteiger partial charge in [-0.15, -0.1) is 0 Å². The monoisotopic (exact) mass is 1740 g/mol. The molecule has 44 heteroatoms. The number of benzene rings is 2. The summed E-state index contributed by atoms with van der Waals surface area (Å²) in [5, 5.41) is 66.1. The summed E-state index contributed by atoms with van der Waals surface area (Å²) in [7, 11) is 0. The van der Waals surface area contributed by atoms with Gasteiger partial charge in [-0.2, -0.15) is 0 Å². The number of aliphatic hydroxyl groups excluding tert-OH is 1. The van der Waals surface area contributed by atoms with Gasteiger partial charge in [0.05, 0.1) is 43.6 Å². The summed E-state index contributed by atoms with van der Waals surface area (Å²) in [5.41, 5.74) is 23.9. The number of aromatic nitrogens is 4. The Hall–Kier alpha value is -13.2. The summed E-state index contributed by atoms with van der Waals surface area (Å²) >= 11 is 0. The predicted molar refractivity (Wildman–Crippen MR) is 448 cm³/mol. The fourth-order valence-electron chi connectivity index (χ4n) is 13.3. The fraction of sp³-hybridized carbons (Fsp3) is 0.550. The number of carbonyl (C=O) groups is 17. The van der Waals surface area contributed by atoms with Crippen molar-refractivity contribution in [3.63, 3.8) is 0 Å². The summed E-state index contributed by atoms with van der Waals surface area (Å²) in [6.45, 7) is 10.8. The minimum atomic E-state index is -1.88. The number of hydrogen-bond donors (Lipinski definition) is 24. The number of aromatic hydroxyl groups is 1. The maximum atomic E-state index is 15.1. The van der Waals surface area contributed by atoms with E-state index in [2.05, 4.69) is 99.7 Å². The minimum absolute atomic E-state index is 0.00193. The van der Waals surface area contributed by atoms with Crippen molar-refractivity contribution < 1.29 is 91.7 Å². The van der Waals surface area contributed by atoms with Crippen molar-refractivity contribution in [1.29, 1.82) is 5.41 Å². The van der Waals surface area contributed by atoms with Crippen LogP contribution in [-0.2, 0) is 107 Å². The molecule has 0 spiro atoms. The van der Waals surface area contributed by atoms with Crippen molar-refractivity contribution in [2.24, 2.45) is 34.8 Å².